The van der Waals surface area contributed by atoms with Crippen LogP contribution < -0.4 is 5.32 Å². The highest BCUT2D eigenvalue weighted by atomic mass is 15.1. The minimum atomic E-state index is 0.616. The van der Waals surface area contributed by atoms with E-state index in [1.807, 2.05) is 0 Å². The van der Waals surface area contributed by atoms with Gasteiger partial charge < -0.3 is 10.2 Å². The SMILES string of the molecule is C=C(c1ccc(CCCN(C)CC)cc1)C(CC)CCC1CC1CNCC1CC2=CN=CCC2C1. The second-order valence-electron chi connectivity index (χ2n) is 11.6. The normalized spacial score (nSPS) is 26.0. The third kappa shape index (κ3) is 7.64. The van der Waals surface area contributed by atoms with E-state index >= 15 is 0 Å². The zero-order chi connectivity index (χ0) is 24.6. The van der Waals surface area contributed by atoms with Gasteiger partial charge in [-0.05, 0) is 143 Å². The molecule has 3 heteroatoms. The van der Waals surface area contributed by atoms with Crippen LogP contribution in [-0.2, 0) is 6.42 Å². The molecule has 0 aromatic heterocycles. The highest BCUT2D eigenvalue weighted by Gasteiger charge is 2.37. The van der Waals surface area contributed by atoms with Crippen molar-refractivity contribution in [3.8, 4) is 0 Å². The number of hydrogen-bond donors (Lipinski definition) is 1. The molecular formula is C32H49N3. The summed E-state index contributed by atoms with van der Waals surface area (Å²) in [7, 11) is 2.20. The van der Waals surface area contributed by atoms with Crippen molar-refractivity contribution in [1.82, 2.24) is 10.2 Å². The molecule has 4 rings (SSSR count). The van der Waals surface area contributed by atoms with Crippen molar-refractivity contribution in [3.63, 3.8) is 0 Å². The van der Waals surface area contributed by atoms with Gasteiger partial charge in [-0.15, -0.1) is 0 Å². The van der Waals surface area contributed by atoms with E-state index in [4.69, 9.17) is 0 Å². The van der Waals surface area contributed by atoms with Crippen LogP contribution in [0.4, 0.5) is 0 Å². The topological polar surface area (TPSA) is 27.6 Å². The quantitative estimate of drug-likeness (QED) is 0.296. The summed E-state index contributed by atoms with van der Waals surface area (Å²) in [5, 5.41) is 3.82. The number of aryl methyl sites for hydroxylation is 1. The van der Waals surface area contributed by atoms with Gasteiger partial charge >= 0.3 is 0 Å². The van der Waals surface area contributed by atoms with Crippen LogP contribution in [0.5, 0.6) is 0 Å². The Morgan fingerprint density at radius 3 is 2.71 bits per heavy atom. The molecule has 1 N–H and O–H groups in total. The molecule has 0 saturated heterocycles. The van der Waals surface area contributed by atoms with Gasteiger partial charge in [-0.3, -0.25) is 4.99 Å². The Balaban J connectivity index is 1.12. The number of aliphatic imine (C=N–C) groups is 1. The van der Waals surface area contributed by atoms with Gasteiger partial charge in [0.2, 0.25) is 0 Å². The summed E-state index contributed by atoms with van der Waals surface area (Å²) < 4.78 is 0. The van der Waals surface area contributed by atoms with Crippen LogP contribution in [0.2, 0.25) is 0 Å². The van der Waals surface area contributed by atoms with Crippen LogP contribution in [0.1, 0.15) is 76.3 Å². The monoisotopic (exact) mass is 475 g/mol. The van der Waals surface area contributed by atoms with Crippen LogP contribution in [-0.4, -0.2) is 44.3 Å². The lowest BCUT2D eigenvalue weighted by atomic mass is 9.87. The number of fused-ring (bicyclic) bond motifs is 1. The zero-order valence-corrected chi connectivity index (χ0v) is 22.6. The standard InChI is InChI=1S/C32H49N3/c1-5-27(24(3)28-11-9-25(10-12-28)8-7-17-35(4)6-2)13-14-29-20-32(29)23-34-21-26-18-30-15-16-33-22-31(30)19-26/h9-12,16,22,26-27,29-30,32,34H,3,5-8,13-15,17-21,23H2,1-2,4H3. The van der Waals surface area contributed by atoms with Crippen LogP contribution in [0.25, 0.3) is 5.57 Å². The molecule has 1 aromatic rings. The van der Waals surface area contributed by atoms with Crippen molar-refractivity contribution in [2.45, 2.75) is 71.6 Å². The largest absolute Gasteiger partial charge is 0.316 e. The van der Waals surface area contributed by atoms with Crippen LogP contribution in [0.3, 0.4) is 0 Å². The first-order valence-electron chi connectivity index (χ1n) is 14.4. The van der Waals surface area contributed by atoms with Gasteiger partial charge in [-0.25, -0.2) is 0 Å². The molecule has 3 aliphatic rings. The first kappa shape index (κ1) is 26.4. The predicted molar refractivity (Wildman–Crippen MR) is 152 cm³/mol. The van der Waals surface area contributed by atoms with Gasteiger partial charge in [0.05, 0.1) is 0 Å². The maximum Gasteiger partial charge on any atom is 0.0258 e. The summed E-state index contributed by atoms with van der Waals surface area (Å²) in [5.41, 5.74) is 5.75. The third-order valence-corrected chi connectivity index (χ3v) is 9.05. The van der Waals surface area contributed by atoms with Gasteiger partial charge in [0, 0.05) is 12.4 Å². The second-order valence-corrected chi connectivity index (χ2v) is 11.6. The summed E-state index contributed by atoms with van der Waals surface area (Å²) in [6.07, 6.45) is 15.7. The Labute approximate surface area is 215 Å². The van der Waals surface area contributed by atoms with Gasteiger partial charge in [-0.2, -0.15) is 0 Å². The van der Waals surface area contributed by atoms with Gasteiger partial charge in [0.1, 0.15) is 0 Å². The minimum absolute atomic E-state index is 0.616. The van der Waals surface area contributed by atoms with E-state index in [-0.39, 0.29) is 0 Å². The number of nitrogens with zero attached hydrogens (tertiary/aromatic N) is 2. The average molecular weight is 476 g/mol. The second kappa shape index (κ2) is 13.0. The summed E-state index contributed by atoms with van der Waals surface area (Å²) in [6, 6.07) is 9.28. The Bertz CT molecular complexity index is 867. The lowest BCUT2D eigenvalue weighted by Crippen LogP contribution is -2.24. The van der Waals surface area contributed by atoms with E-state index in [9.17, 15) is 0 Å². The van der Waals surface area contributed by atoms with Crippen LogP contribution >= 0.6 is 0 Å². The molecule has 2 aliphatic carbocycles. The fraction of sp³-hybridized carbons (Fsp3) is 0.656. The molecule has 5 unspecified atom stereocenters. The highest BCUT2D eigenvalue weighted by molar-refractivity contribution is 5.65. The van der Waals surface area contributed by atoms with Crippen LogP contribution in [0, 0.1) is 29.6 Å². The lowest BCUT2D eigenvalue weighted by Gasteiger charge is -2.19. The molecule has 1 aliphatic heterocycles. The van der Waals surface area contributed by atoms with Crippen LogP contribution in [0.15, 0.2) is 47.6 Å². The molecule has 1 aromatic carbocycles. The van der Waals surface area contributed by atoms with Gasteiger partial charge in [0.25, 0.3) is 0 Å². The predicted octanol–water partition coefficient (Wildman–Crippen LogP) is 7.00. The summed E-state index contributed by atoms with van der Waals surface area (Å²) >= 11 is 0. The van der Waals surface area contributed by atoms with Crippen molar-refractivity contribution in [1.29, 1.82) is 0 Å². The average Bonchev–Trinajstić information content (AvgIpc) is 3.49. The first-order valence-corrected chi connectivity index (χ1v) is 14.4. The lowest BCUT2D eigenvalue weighted by molar-refractivity contribution is 0.347. The Morgan fingerprint density at radius 1 is 1.14 bits per heavy atom. The molecule has 0 bridgehead atoms. The molecule has 35 heavy (non-hydrogen) atoms. The fourth-order valence-corrected chi connectivity index (χ4v) is 6.29. The molecule has 0 amide bonds. The van der Waals surface area contributed by atoms with Crippen molar-refractivity contribution in [2.24, 2.45) is 34.6 Å². The molecule has 0 radical (unpaired) electrons. The number of rotatable bonds is 15. The van der Waals surface area contributed by atoms with E-state index in [2.05, 4.69) is 79.4 Å². The Kier molecular flexibility index (Phi) is 9.80. The van der Waals surface area contributed by atoms with Crippen molar-refractivity contribution >= 4 is 11.8 Å². The van der Waals surface area contributed by atoms with Gasteiger partial charge in [-0.1, -0.05) is 44.7 Å². The summed E-state index contributed by atoms with van der Waals surface area (Å²) in [5.74, 6) is 4.05. The third-order valence-electron chi connectivity index (χ3n) is 9.05. The molecule has 2 fully saturated rings. The maximum atomic E-state index is 4.53. The molecule has 1 heterocycles. The fourth-order valence-electron chi connectivity index (χ4n) is 6.29. The summed E-state index contributed by atoms with van der Waals surface area (Å²) in [4.78, 5) is 6.75. The van der Waals surface area contributed by atoms with Gasteiger partial charge in [0.15, 0.2) is 0 Å². The maximum absolute atomic E-state index is 4.53. The first-order chi connectivity index (χ1) is 17.1. The Hall–Kier alpha value is -1.71. The molecule has 2 saturated carbocycles. The molecule has 3 nitrogen and oxygen atoms in total. The number of hydrogen-bond acceptors (Lipinski definition) is 3. The van der Waals surface area contributed by atoms with E-state index in [0.717, 1.165) is 36.6 Å². The van der Waals surface area contributed by atoms with E-state index < -0.39 is 0 Å². The number of nitrogens with one attached hydrogen (secondary N) is 1. The highest BCUT2D eigenvalue weighted by Crippen LogP contribution is 2.44. The minimum Gasteiger partial charge on any atom is -0.316 e. The van der Waals surface area contributed by atoms with Crippen molar-refractivity contribution in [3.05, 3.63) is 53.7 Å². The van der Waals surface area contributed by atoms with E-state index in [0.29, 0.717) is 5.92 Å². The smallest absolute Gasteiger partial charge is 0.0258 e. The van der Waals surface area contributed by atoms with E-state index in [1.165, 1.54) is 87.7 Å². The molecule has 5 atom stereocenters. The Morgan fingerprint density at radius 2 is 1.97 bits per heavy atom. The van der Waals surface area contributed by atoms with Crippen molar-refractivity contribution in [2.75, 3.05) is 33.2 Å². The number of allylic oxidation sites excluding steroid dienone is 2. The molecule has 0 spiro atoms. The van der Waals surface area contributed by atoms with E-state index in [1.54, 1.807) is 5.57 Å². The zero-order valence-electron chi connectivity index (χ0n) is 22.6. The molecule has 192 valence electrons. The molecular weight excluding hydrogens is 426 g/mol. The summed E-state index contributed by atoms with van der Waals surface area (Å²) in [6.45, 7) is 13.8. The van der Waals surface area contributed by atoms with Crippen molar-refractivity contribution < 1.29 is 0 Å². The number of benzene rings is 1.